The average Bonchev–Trinajstić information content (AvgIpc) is 2.14. The third-order valence-electron chi connectivity index (χ3n) is 2.65. The summed E-state index contributed by atoms with van der Waals surface area (Å²) in [6.45, 7) is 10.0. The van der Waals surface area contributed by atoms with E-state index in [9.17, 15) is 9.59 Å². The molecule has 1 unspecified atom stereocenters. The van der Waals surface area contributed by atoms with E-state index in [4.69, 9.17) is 5.73 Å². The number of likely N-dealkylation sites (N-methyl/N-ethyl adjacent to an activating group) is 1. The van der Waals surface area contributed by atoms with Crippen LogP contribution in [0.15, 0.2) is 0 Å². The van der Waals surface area contributed by atoms with E-state index in [-0.39, 0.29) is 35.7 Å². The van der Waals surface area contributed by atoms with Gasteiger partial charge >= 0.3 is 0 Å². The van der Waals surface area contributed by atoms with E-state index in [0.717, 1.165) is 0 Å². The molecule has 3 N–H and O–H groups in total. The minimum Gasteiger partial charge on any atom is -0.350 e. The molecule has 0 radical (unpaired) electrons. The van der Waals surface area contributed by atoms with Gasteiger partial charge in [-0.25, -0.2) is 0 Å². The van der Waals surface area contributed by atoms with Crippen molar-refractivity contribution in [2.75, 3.05) is 20.1 Å². The second-order valence-electron chi connectivity index (χ2n) is 6.08. The summed E-state index contributed by atoms with van der Waals surface area (Å²) >= 11 is 0. The van der Waals surface area contributed by atoms with E-state index in [1.165, 1.54) is 4.90 Å². The Bertz CT molecular complexity index is 295. The SMILES string of the molecule is CC(C)C(CN)C(=O)N(C)CC(=O)NC(C)(C)C. The zero-order valence-electron chi connectivity index (χ0n) is 12.4. The highest BCUT2D eigenvalue weighted by Crippen LogP contribution is 2.12. The van der Waals surface area contributed by atoms with Gasteiger partial charge in [-0.15, -0.1) is 0 Å². The Hall–Kier alpha value is -1.10. The van der Waals surface area contributed by atoms with Crippen LogP contribution in [0.3, 0.4) is 0 Å². The maximum Gasteiger partial charge on any atom is 0.240 e. The molecule has 0 aliphatic rings. The maximum absolute atomic E-state index is 12.1. The molecule has 2 amide bonds. The number of amides is 2. The fourth-order valence-corrected chi connectivity index (χ4v) is 1.69. The van der Waals surface area contributed by atoms with Crippen LogP contribution in [-0.2, 0) is 9.59 Å². The summed E-state index contributed by atoms with van der Waals surface area (Å²) in [6.07, 6.45) is 0. The first-order chi connectivity index (χ1) is 8.08. The van der Waals surface area contributed by atoms with Crippen molar-refractivity contribution in [1.82, 2.24) is 10.2 Å². The minimum atomic E-state index is -0.285. The van der Waals surface area contributed by atoms with Gasteiger partial charge in [0.25, 0.3) is 0 Å². The van der Waals surface area contributed by atoms with Crippen LogP contribution in [0, 0.1) is 11.8 Å². The average molecular weight is 257 g/mol. The molecule has 1 atom stereocenters. The van der Waals surface area contributed by atoms with Gasteiger partial charge < -0.3 is 16.0 Å². The van der Waals surface area contributed by atoms with Gasteiger partial charge in [-0.2, -0.15) is 0 Å². The summed E-state index contributed by atoms with van der Waals surface area (Å²) in [5.41, 5.74) is 5.31. The van der Waals surface area contributed by atoms with Crippen molar-refractivity contribution in [2.45, 2.75) is 40.2 Å². The van der Waals surface area contributed by atoms with Crippen molar-refractivity contribution in [2.24, 2.45) is 17.6 Å². The number of nitrogens with one attached hydrogen (secondary N) is 1. The fourth-order valence-electron chi connectivity index (χ4n) is 1.69. The van der Waals surface area contributed by atoms with E-state index in [2.05, 4.69) is 5.32 Å². The third kappa shape index (κ3) is 6.00. The molecule has 0 spiro atoms. The normalized spacial score (nSPS) is 13.3. The standard InChI is InChI=1S/C13H27N3O2/c1-9(2)10(7-14)12(18)16(6)8-11(17)15-13(3,4)5/h9-10H,7-8,14H2,1-6H3,(H,15,17). The van der Waals surface area contributed by atoms with Gasteiger partial charge in [-0.3, -0.25) is 9.59 Å². The molecule has 0 saturated heterocycles. The highest BCUT2D eigenvalue weighted by atomic mass is 16.2. The highest BCUT2D eigenvalue weighted by molar-refractivity contribution is 5.86. The zero-order chi connectivity index (χ0) is 14.5. The first kappa shape index (κ1) is 16.9. The predicted molar refractivity (Wildman–Crippen MR) is 72.9 cm³/mol. The number of hydrogen-bond donors (Lipinski definition) is 2. The summed E-state index contributed by atoms with van der Waals surface area (Å²) in [4.78, 5) is 25.2. The third-order valence-corrected chi connectivity index (χ3v) is 2.65. The fraction of sp³-hybridized carbons (Fsp3) is 0.846. The number of carbonyl (C=O) groups excluding carboxylic acids is 2. The van der Waals surface area contributed by atoms with Crippen molar-refractivity contribution >= 4 is 11.8 Å². The first-order valence-electron chi connectivity index (χ1n) is 6.34. The van der Waals surface area contributed by atoms with Crippen molar-refractivity contribution in [3.63, 3.8) is 0 Å². The molecule has 0 rings (SSSR count). The monoisotopic (exact) mass is 257 g/mol. The molecule has 0 heterocycles. The lowest BCUT2D eigenvalue weighted by Gasteiger charge is -2.27. The van der Waals surface area contributed by atoms with E-state index in [1.807, 2.05) is 34.6 Å². The lowest BCUT2D eigenvalue weighted by atomic mass is 9.94. The smallest absolute Gasteiger partial charge is 0.240 e. The van der Waals surface area contributed by atoms with Crippen LogP contribution >= 0.6 is 0 Å². The van der Waals surface area contributed by atoms with Gasteiger partial charge in [0, 0.05) is 19.1 Å². The van der Waals surface area contributed by atoms with Gasteiger partial charge in [-0.05, 0) is 26.7 Å². The number of nitrogens with two attached hydrogens (primary N) is 1. The van der Waals surface area contributed by atoms with E-state index >= 15 is 0 Å². The number of carbonyl (C=O) groups is 2. The first-order valence-corrected chi connectivity index (χ1v) is 6.34. The van der Waals surface area contributed by atoms with Crippen LogP contribution in [0.4, 0.5) is 0 Å². The van der Waals surface area contributed by atoms with Crippen LogP contribution < -0.4 is 11.1 Å². The van der Waals surface area contributed by atoms with Crippen LogP contribution in [0.2, 0.25) is 0 Å². The Kier molecular flexibility index (Phi) is 6.32. The lowest BCUT2D eigenvalue weighted by Crippen LogP contribution is -2.48. The van der Waals surface area contributed by atoms with Crippen LogP contribution in [0.25, 0.3) is 0 Å². The molecule has 0 aromatic rings. The van der Waals surface area contributed by atoms with Crippen molar-refractivity contribution in [3.05, 3.63) is 0 Å². The Morgan fingerprint density at radius 2 is 1.78 bits per heavy atom. The van der Waals surface area contributed by atoms with Gasteiger partial charge in [-0.1, -0.05) is 13.8 Å². The van der Waals surface area contributed by atoms with Gasteiger partial charge in [0.1, 0.15) is 0 Å². The number of hydrogen-bond acceptors (Lipinski definition) is 3. The molecular formula is C13H27N3O2. The number of nitrogens with zero attached hydrogens (tertiary/aromatic N) is 1. The molecule has 5 nitrogen and oxygen atoms in total. The summed E-state index contributed by atoms with van der Waals surface area (Å²) in [5, 5.41) is 2.83. The second-order valence-corrected chi connectivity index (χ2v) is 6.08. The van der Waals surface area contributed by atoms with E-state index in [0.29, 0.717) is 6.54 Å². The maximum atomic E-state index is 12.1. The highest BCUT2D eigenvalue weighted by Gasteiger charge is 2.25. The molecule has 106 valence electrons. The van der Waals surface area contributed by atoms with Gasteiger partial charge in [0.2, 0.25) is 11.8 Å². The van der Waals surface area contributed by atoms with Crippen molar-refractivity contribution in [3.8, 4) is 0 Å². The molecule has 5 heteroatoms. The lowest BCUT2D eigenvalue weighted by molar-refractivity contribution is -0.139. The van der Waals surface area contributed by atoms with Crippen LogP contribution in [0.1, 0.15) is 34.6 Å². The molecule has 0 bridgehead atoms. The Labute approximate surface area is 110 Å². The zero-order valence-corrected chi connectivity index (χ0v) is 12.4. The largest absolute Gasteiger partial charge is 0.350 e. The second kappa shape index (κ2) is 6.73. The molecule has 18 heavy (non-hydrogen) atoms. The molecule has 0 aliphatic heterocycles. The molecule has 0 aliphatic carbocycles. The molecule has 0 fully saturated rings. The topological polar surface area (TPSA) is 75.4 Å². The molecule has 0 saturated carbocycles. The van der Waals surface area contributed by atoms with Gasteiger partial charge in [0.05, 0.1) is 12.5 Å². The summed E-state index contributed by atoms with van der Waals surface area (Å²) < 4.78 is 0. The summed E-state index contributed by atoms with van der Waals surface area (Å²) in [6, 6.07) is 0. The van der Waals surface area contributed by atoms with Crippen LogP contribution in [-0.4, -0.2) is 42.4 Å². The summed E-state index contributed by atoms with van der Waals surface area (Å²) in [5.74, 6) is -0.275. The molecular weight excluding hydrogens is 230 g/mol. The number of rotatable bonds is 5. The molecule has 0 aromatic heterocycles. The Balaban J connectivity index is 4.44. The predicted octanol–water partition coefficient (Wildman–Crippen LogP) is 0.590. The Morgan fingerprint density at radius 3 is 2.11 bits per heavy atom. The van der Waals surface area contributed by atoms with Crippen molar-refractivity contribution in [1.29, 1.82) is 0 Å². The van der Waals surface area contributed by atoms with Crippen LogP contribution in [0.5, 0.6) is 0 Å². The summed E-state index contributed by atoms with van der Waals surface area (Å²) in [7, 11) is 1.63. The minimum absolute atomic E-state index is 0.0688. The van der Waals surface area contributed by atoms with E-state index < -0.39 is 0 Å². The van der Waals surface area contributed by atoms with Crippen molar-refractivity contribution < 1.29 is 9.59 Å². The Morgan fingerprint density at radius 1 is 1.28 bits per heavy atom. The van der Waals surface area contributed by atoms with Gasteiger partial charge in [0.15, 0.2) is 0 Å². The molecule has 0 aromatic carbocycles. The quantitative estimate of drug-likeness (QED) is 0.757. The van der Waals surface area contributed by atoms with E-state index in [1.54, 1.807) is 7.05 Å².